The van der Waals surface area contributed by atoms with E-state index in [-0.39, 0.29) is 11.7 Å². The van der Waals surface area contributed by atoms with E-state index in [1.807, 2.05) is 44.2 Å². The van der Waals surface area contributed by atoms with E-state index in [0.717, 1.165) is 21.3 Å². The Labute approximate surface area is 200 Å². The predicted octanol–water partition coefficient (Wildman–Crippen LogP) is 6.26. The second kappa shape index (κ2) is 7.78. The normalized spacial score (nSPS) is 13.0. The monoisotopic (exact) mass is 495 g/mol. The molecule has 7 nitrogen and oxygen atoms in total. The maximum Gasteiger partial charge on any atom is 0.280 e. The van der Waals surface area contributed by atoms with E-state index < -0.39 is 6.43 Å². The quantitative estimate of drug-likeness (QED) is 0.288. The number of fused-ring (bicyclic) bond motifs is 5. The number of hydrogen-bond donors (Lipinski definition) is 0. The van der Waals surface area contributed by atoms with Crippen molar-refractivity contribution in [3.05, 3.63) is 71.2 Å². The van der Waals surface area contributed by atoms with Crippen molar-refractivity contribution in [2.45, 2.75) is 26.3 Å². The lowest BCUT2D eigenvalue weighted by Crippen LogP contribution is -2.09. The third-order valence-electron chi connectivity index (χ3n) is 5.74. The first kappa shape index (κ1) is 21.1. The maximum atomic E-state index is 13.7. The Morgan fingerprint density at radius 3 is 2.59 bits per heavy atom. The summed E-state index contributed by atoms with van der Waals surface area (Å²) >= 11 is 7.45. The highest BCUT2D eigenvalue weighted by Gasteiger charge is 2.23. The Kier molecular flexibility index (Phi) is 4.82. The molecule has 0 aliphatic heterocycles. The molecule has 0 saturated heterocycles. The zero-order valence-corrected chi connectivity index (χ0v) is 19.5. The molecular formula is C23H16ClF2N7S. The van der Waals surface area contributed by atoms with Gasteiger partial charge in [-0.1, -0.05) is 41.9 Å². The van der Waals surface area contributed by atoms with Crippen LogP contribution in [0.4, 0.5) is 8.78 Å². The highest BCUT2D eigenvalue weighted by molar-refractivity contribution is 7.26. The first-order valence-corrected chi connectivity index (χ1v) is 11.6. The van der Waals surface area contributed by atoms with E-state index in [4.69, 9.17) is 16.6 Å². The lowest BCUT2D eigenvalue weighted by atomic mass is 10.0. The highest BCUT2D eigenvalue weighted by Crippen LogP contribution is 2.41. The molecule has 0 fully saturated rings. The first-order chi connectivity index (χ1) is 16.4. The number of halogens is 3. The van der Waals surface area contributed by atoms with Crippen molar-refractivity contribution < 1.29 is 8.78 Å². The molecule has 0 amide bonds. The lowest BCUT2D eigenvalue weighted by molar-refractivity contribution is 0.146. The third kappa shape index (κ3) is 3.24. The molecule has 0 spiro atoms. The molecule has 0 N–H and O–H groups in total. The van der Waals surface area contributed by atoms with Gasteiger partial charge in [-0.05, 0) is 31.0 Å². The maximum absolute atomic E-state index is 13.7. The van der Waals surface area contributed by atoms with Crippen LogP contribution in [0.25, 0.3) is 37.2 Å². The van der Waals surface area contributed by atoms with Crippen molar-refractivity contribution >= 4 is 49.0 Å². The second-order valence-electron chi connectivity index (χ2n) is 7.92. The van der Waals surface area contributed by atoms with Crippen LogP contribution in [-0.2, 0) is 0 Å². The molecule has 0 saturated carbocycles. The van der Waals surface area contributed by atoms with E-state index >= 15 is 0 Å². The summed E-state index contributed by atoms with van der Waals surface area (Å²) in [5, 5.41) is 10.3. The van der Waals surface area contributed by atoms with Crippen molar-refractivity contribution in [3.63, 3.8) is 0 Å². The van der Waals surface area contributed by atoms with Gasteiger partial charge in [0, 0.05) is 11.6 Å². The van der Waals surface area contributed by atoms with Gasteiger partial charge in [-0.3, -0.25) is 4.68 Å². The van der Waals surface area contributed by atoms with Crippen molar-refractivity contribution in [2.75, 3.05) is 0 Å². The zero-order chi connectivity index (χ0) is 23.6. The van der Waals surface area contributed by atoms with Gasteiger partial charge >= 0.3 is 0 Å². The van der Waals surface area contributed by atoms with E-state index in [1.54, 1.807) is 21.7 Å². The summed E-state index contributed by atoms with van der Waals surface area (Å²) < 4.78 is 31.4. The van der Waals surface area contributed by atoms with Crippen molar-refractivity contribution in [1.82, 2.24) is 34.3 Å². The molecule has 1 atom stereocenters. The molecule has 0 unspecified atom stereocenters. The fraction of sp³-hybridized carbons (Fsp3) is 0.174. The first-order valence-electron chi connectivity index (χ1n) is 10.4. The number of nitrogens with zero attached hydrogens (tertiary/aromatic N) is 7. The van der Waals surface area contributed by atoms with Crippen LogP contribution < -0.4 is 0 Å². The van der Waals surface area contributed by atoms with Gasteiger partial charge < -0.3 is 0 Å². The Balaban J connectivity index is 1.59. The van der Waals surface area contributed by atoms with Gasteiger partial charge in [0.25, 0.3) is 6.43 Å². The summed E-state index contributed by atoms with van der Waals surface area (Å²) in [6.07, 6.45) is 0.641. The number of alkyl halides is 2. The highest BCUT2D eigenvalue weighted by atomic mass is 35.5. The second-order valence-corrected chi connectivity index (χ2v) is 9.33. The zero-order valence-electron chi connectivity index (χ0n) is 17.9. The van der Waals surface area contributed by atoms with Crippen LogP contribution >= 0.6 is 22.9 Å². The molecule has 1 aromatic carbocycles. The van der Waals surface area contributed by atoms with E-state index in [9.17, 15) is 8.78 Å². The summed E-state index contributed by atoms with van der Waals surface area (Å²) in [7, 11) is 0. The van der Waals surface area contributed by atoms with Crippen molar-refractivity contribution in [1.29, 1.82) is 0 Å². The fourth-order valence-corrected chi connectivity index (χ4v) is 5.25. The van der Waals surface area contributed by atoms with Gasteiger partial charge in [-0.25, -0.2) is 28.2 Å². The smallest absolute Gasteiger partial charge is 0.260 e. The standard InChI is InChI=1S/C23H16ClF2N7S/c1-11-15(24)9-32(30-11)12(2)21-29-22-19-18(27-10-33(22)31-21)17-14(13-6-4-3-5-7-13)8-16(20(25)26)28-23(17)34-19/h3-10,12,20H,1-2H3/t12-/m1/s1. The summed E-state index contributed by atoms with van der Waals surface area (Å²) in [6.45, 7) is 3.76. The number of thiophene rings is 1. The molecule has 6 rings (SSSR count). The van der Waals surface area contributed by atoms with Crippen LogP contribution in [0.2, 0.25) is 5.02 Å². The predicted molar refractivity (Wildman–Crippen MR) is 128 cm³/mol. The SMILES string of the molecule is Cc1nn([C@H](C)c2nc3c4sc5nc(C(F)F)cc(-c6ccccc6)c5c4ncn3n2)cc1Cl. The van der Waals surface area contributed by atoms with Crippen molar-refractivity contribution in [3.8, 4) is 11.1 Å². The number of hydrogen-bond acceptors (Lipinski definition) is 6. The van der Waals surface area contributed by atoms with Gasteiger partial charge in [-0.2, -0.15) is 5.10 Å². The number of benzene rings is 1. The van der Waals surface area contributed by atoms with Crippen LogP contribution in [-0.4, -0.2) is 34.3 Å². The Morgan fingerprint density at radius 1 is 1.09 bits per heavy atom. The summed E-state index contributed by atoms with van der Waals surface area (Å²) in [5.41, 5.74) is 3.18. The fourth-order valence-electron chi connectivity index (χ4n) is 3.97. The Morgan fingerprint density at radius 2 is 1.88 bits per heavy atom. The van der Waals surface area contributed by atoms with Crippen LogP contribution in [0, 0.1) is 6.92 Å². The van der Waals surface area contributed by atoms with Crippen LogP contribution in [0.5, 0.6) is 0 Å². The molecule has 0 radical (unpaired) electrons. The van der Waals surface area contributed by atoms with Crippen molar-refractivity contribution in [2.24, 2.45) is 0 Å². The van der Waals surface area contributed by atoms with Gasteiger partial charge in [0.15, 0.2) is 11.5 Å². The molecule has 5 aromatic heterocycles. The summed E-state index contributed by atoms with van der Waals surface area (Å²) in [5.74, 6) is 0.537. The molecule has 34 heavy (non-hydrogen) atoms. The van der Waals surface area contributed by atoms with Crippen LogP contribution in [0.15, 0.2) is 48.9 Å². The summed E-state index contributed by atoms with van der Waals surface area (Å²) in [4.78, 5) is 14.1. The molecule has 0 aliphatic carbocycles. The Hall–Kier alpha value is -3.50. The largest absolute Gasteiger partial charge is 0.280 e. The molecule has 11 heteroatoms. The molecule has 6 aromatic rings. The van der Waals surface area contributed by atoms with E-state index in [2.05, 4.69) is 20.2 Å². The molecule has 0 aliphatic rings. The topological polar surface area (TPSA) is 73.8 Å². The van der Waals surface area contributed by atoms with Crippen LogP contribution in [0.3, 0.4) is 0 Å². The molecular weight excluding hydrogens is 480 g/mol. The van der Waals surface area contributed by atoms with Gasteiger partial charge in [0.1, 0.15) is 27.6 Å². The number of rotatable bonds is 4. The van der Waals surface area contributed by atoms with E-state index in [1.165, 1.54) is 17.4 Å². The Bertz CT molecular complexity index is 1670. The van der Waals surface area contributed by atoms with Gasteiger partial charge in [0.2, 0.25) is 0 Å². The van der Waals surface area contributed by atoms with Crippen LogP contribution in [0.1, 0.15) is 36.6 Å². The molecule has 170 valence electrons. The average molecular weight is 496 g/mol. The minimum absolute atomic E-state index is 0.265. The van der Waals surface area contributed by atoms with E-state index in [0.29, 0.717) is 32.4 Å². The third-order valence-corrected chi connectivity index (χ3v) is 7.18. The number of aryl methyl sites for hydroxylation is 1. The average Bonchev–Trinajstić information content (AvgIpc) is 3.53. The lowest BCUT2D eigenvalue weighted by Gasteiger charge is -2.07. The number of pyridine rings is 1. The molecule has 0 bridgehead atoms. The summed E-state index contributed by atoms with van der Waals surface area (Å²) in [6, 6.07) is 10.6. The minimum atomic E-state index is -2.69. The number of aromatic nitrogens is 7. The van der Waals surface area contributed by atoms with Gasteiger partial charge in [-0.15, -0.1) is 16.4 Å². The van der Waals surface area contributed by atoms with Gasteiger partial charge in [0.05, 0.1) is 16.2 Å². The minimum Gasteiger partial charge on any atom is -0.260 e. The molecule has 5 heterocycles.